The van der Waals surface area contributed by atoms with Crippen LogP contribution in [0.5, 0.6) is 0 Å². The van der Waals surface area contributed by atoms with Crippen LogP contribution in [0.2, 0.25) is 0 Å². The average Bonchev–Trinajstić information content (AvgIpc) is 2.93. The summed E-state index contributed by atoms with van der Waals surface area (Å²) in [7, 11) is 0. The Labute approximate surface area is 242 Å². The third-order valence-corrected chi connectivity index (χ3v) is 8.86. The second kappa shape index (κ2) is 17.8. The topological polar surface area (TPSA) is 30.9 Å². The molecular formula is C35H63NO3. The zero-order valence-corrected chi connectivity index (χ0v) is 26.9. The summed E-state index contributed by atoms with van der Waals surface area (Å²) in [4.78, 5) is 6.87. The summed E-state index contributed by atoms with van der Waals surface area (Å²) < 4.78 is 13.7. The lowest BCUT2D eigenvalue weighted by Crippen LogP contribution is -2.68. The van der Waals surface area contributed by atoms with Crippen LogP contribution in [0.3, 0.4) is 0 Å². The molecule has 0 amide bonds. The van der Waals surface area contributed by atoms with E-state index in [1.54, 1.807) is 0 Å². The van der Waals surface area contributed by atoms with Crippen LogP contribution in [0.25, 0.3) is 0 Å². The van der Waals surface area contributed by atoms with E-state index in [4.69, 9.17) is 14.3 Å². The van der Waals surface area contributed by atoms with E-state index in [0.29, 0.717) is 0 Å². The molecule has 1 atom stereocenters. The van der Waals surface area contributed by atoms with E-state index in [1.165, 1.54) is 69.8 Å². The molecule has 0 saturated carbocycles. The van der Waals surface area contributed by atoms with Gasteiger partial charge < -0.3 is 9.47 Å². The van der Waals surface area contributed by atoms with Crippen LogP contribution in [0.1, 0.15) is 163 Å². The van der Waals surface area contributed by atoms with E-state index in [0.717, 1.165) is 51.7 Å². The summed E-state index contributed by atoms with van der Waals surface area (Å²) in [5, 5.41) is 2.35. The predicted octanol–water partition coefficient (Wildman–Crippen LogP) is 10.6. The van der Waals surface area contributed by atoms with Gasteiger partial charge in [0.1, 0.15) is 6.10 Å². The fourth-order valence-corrected chi connectivity index (χ4v) is 6.52. The van der Waals surface area contributed by atoms with Crippen molar-refractivity contribution in [1.29, 1.82) is 0 Å². The van der Waals surface area contributed by atoms with Gasteiger partial charge in [-0.1, -0.05) is 122 Å². The fourth-order valence-electron chi connectivity index (χ4n) is 6.52. The van der Waals surface area contributed by atoms with Crippen LogP contribution in [0, 0.1) is 0 Å². The zero-order chi connectivity index (χ0) is 28.6. The lowest BCUT2D eigenvalue weighted by atomic mass is 9.73. The van der Waals surface area contributed by atoms with Gasteiger partial charge in [-0.25, -0.2) is 0 Å². The van der Waals surface area contributed by atoms with Gasteiger partial charge in [-0.05, 0) is 52.0 Å². The highest BCUT2D eigenvalue weighted by Crippen LogP contribution is 2.50. The Bertz CT molecular complexity index is 728. The zero-order valence-electron chi connectivity index (χ0n) is 26.9. The van der Waals surface area contributed by atoms with E-state index >= 15 is 0 Å². The van der Waals surface area contributed by atoms with Crippen LogP contribution in [0.4, 0.5) is 0 Å². The van der Waals surface area contributed by atoms with Crippen LogP contribution in [-0.4, -0.2) is 35.1 Å². The highest BCUT2D eigenvalue weighted by molar-refractivity contribution is 5.17. The van der Waals surface area contributed by atoms with Gasteiger partial charge in [0.2, 0.25) is 0 Å². The molecule has 1 unspecified atom stereocenters. The molecule has 0 spiro atoms. The number of benzene rings is 1. The van der Waals surface area contributed by atoms with E-state index < -0.39 is 5.79 Å². The van der Waals surface area contributed by atoms with Crippen molar-refractivity contribution in [2.24, 2.45) is 0 Å². The summed E-state index contributed by atoms with van der Waals surface area (Å²) in [6.45, 7) is 17.5. The van der Waals surface area contributed by atoms with Crippen LogP contribution in [-0.2, 0) is 14.3 Å². The third-order valence-electron chi connectivity index (χ3n) is 8.86. The minimum Gasteiger partial charge on any atom is -0.350 e. The van der Waals surface area contributed by atoms with Gasteiger partial charge in [-0.15, -0.1) is 0 Å². The highest BCUT2D eigenvalue weighted by Gasteiger charge is 2.57. The van der Waals surface area contributed by atoms with Crippen molar-refractivity contribution < 1.29 is 14.3 Å². The molecule has 1 heterocycles. The van der Waals surface area contributed by atoms with Crippen LogP contribution >= 0.6 is 0 Å². The Hall–Kier alpha value is -0.940. The molecule has 0 bridgehead atoms. The van der Waals surface area contributed by atoms with Crippen molar-refractivity contribution in [1.82, 2.24) is 5.06 Å². The number of rotatable bonds is 21. The van der Waals surface area contributed by atoms with Gasteiger partial charge in [0.15, 0.2) is 5.79 Å². The molecule has 39 heavy (non-hydrogen) atoms. The van der Waals surface area contributed by atoms with Crippen molar-refractivity contribution in [2.45, 2.75) is 174 Å². The first-order valence-corrected chi connectivity index (χ1v) is 16.6. The molecule has 4 nitrogen and oxygen atoms in total. The van der Waals surface area contributed by atoms with Gasteiger partial charge >= 0.3 is 0 Å². The smallest absolute Gasteiger partial charge is 0.171 e. The van der Waals surface area contributed by atoms with Crippen molar-refractivity contribution in [3.05, 3.63) is 35.9 Å². The van der Waals surface area contributed by atoms with Crippen LogP contribution in [0.15, 0.2) is 30.3 Å². The highest BCUT2D eigenvalue weighted by atomic mass is 16.7. The number of hydrogen-bond acceptors (Lipinski definition) is 4. The molecule has 1 aromatic rings. The number of hydrogen-bond donors (Lipinski definition) is 0. The van der Waals surface area contributed by atoms with E-state index in [9.17, 15) is 0 Å². The first kappa shape index (κ1) is 34.3. The van der Waals surface area contributed by atoms with Gasteiger partial charge in [0, 0.05) is 18.4 Å². The molecule has 4 heteroatoms. The molecule has 1 aromatic carbocycles. The number of piperidine rings is 1. The molecule has 1 fully saturated rings. The van der Waals surface area contributed by atoms with Crippen molar-refractivity contribution in [2.75, 3.05) is 13.2 Å². The Morgan fingerprint density at radius 3 is 1.67 bits per heavy atom. The van der Waals surface area contributed by atoms with Gasteiger partial charge in [-0.3, -0.25) is 4.84 Å². The molecule has 1 aliphatic rings. The van der Waals surface area contributed by atoms with E-state index in [2.05, 4.69) is 83.9 Å². The number of hydroxylamine groups is 2. The first-order valence-electron chi connectivity index (χ1n) is 16.6. The maximum absolute atomic E-state index is 6.87. The Morgan fingerprint density at radius 1 is 0.692 bits per heavy atom. The average molecular weight is 546 g/mol. The van der Waals surface area contributed by atoms with E-state index in [1.807, 2.05) is 0 Å². The largest absolute Gasteiger partial charge is 0.350 e. The molecule has 0 radical (unpaired) electrons. The summed E-state index contributed by atoms with van der Waals surface area (Å²) in [6, 6.07) is 10.6. The number of unbranched alkanes of at least 4 members (excludes halogenated alkanes) is 10. The van der Waals surface area contributed by atoms with Crippen molar-refractivity contribution >= 4 is 0 Å². The lowest BCUT2D eigenvalue weighted by Gasteiger charge is -2.60. The fraction of sp³-hybridized carbons (Fsp3) is 0.829. The molecule has 0 aliphatic carbocycles. The second-order valence-corrected chi connectivity index (χ2v) is 12.7. The van der Waals surface area contributed by atoms with Gasteiger partial charge in [0.25, 0.3) is 0 Å². The molecule has 1 saturated heterocycles. The molecule has 2 rings (SSSR count). The first-order chi connectivity index (χ1) is 18.8. The SMILES string of the molecule is CCCCCCCCOC1(OCCCCCCCC)CC(C)(C)N(OC(C)c2ccccc2)C(CC)(CC)C1. The van der Waals surface area contributed by atoms with Gasteiger partial charge in [0.05, 0.1) is 18.8 Å². The molecule has 226 valence electrons. The molecular weight excluding hydrogens is 482 g/mol. The number of ether oxygens (including phenoxy) is 2. The van der Waals surface area contributed by atoms with Crippen molar-refractivity contribution in [3.63, 3.8) is 0 Å². The molecule has 1 aliphatic heterocycles. The Morgan fingerprint density at radius 2 is 1.18 bits per heavy atom. The normalized spacial score (nSPS) is 19.3. The van der Waals surface area contributed by atoms with Crippen molar-refractivity contribution in [3.8, 4) is 0 Å². The van der Waals surface area contributed by atoms with E-state index in [-0.39, 0.29) is 17.2 Å². The predicted molar refractivity (Wildman–Crippen MR) is 166 cm³/mol. The minimum absolute atomic E-state index is 0.0106. The summed E-state index contributed by atoms with van der Waals surface area (Å²) in [5.74, 6) is -0.557. The minimum atomic E-state index is -0.557. The lowest BCUT2D eigenvalue weighted by molar-refractivity contribution is -0.375. The summed E-state index contributed by atoms with van der Waals surface area (Å²) in [6.07, 6.45) is 18.9. The van der Waals surface area contributed by atoms with Crippen LogP contribution < -0.4 is 0 Å². The summed E-state index contributed by atoms with van der Waals surface area (Å²) >= 11 is 0. The quantitative estimate of drug-likeness (QED) is 0.114. The molecule has 0 aromatic heterocycles. The second-order valence-electron chi connectivity index (χ2n) is 12.7. The monoisotopic (exact) mass is 545 g/mol. The van der Waals surface area contributed by atoms with Gasteiger partial charge in [-0.2, -0.15) is 5.06 Å². The maximum atomic E-state index is 6.87. The number of nitrogens with zero attached hydrogens (tertiary/aromatic N) is 1. The Balaban J connectivity index is 2.17. The maximum Gasteiger partial charge on any atom is 0.171 e. The molecule has 0 N–H and O–H groups in total. The standard InChI is InChI=1S/C35H63NO3/c1-8-12-14-16-18-23-27-37-35(38-28-24-19-17-15-13-9-2)29-33(6,7)36(34(10-3,11-4)30-35)39-31(5)32-25-21-20-22-26-32/h20-22,25-26,31H,8-19,23-24,27-30H2,1-7H3. The third kappa shape index (κ3) is 10.8. The Kier molecular flexibility index (Phi) is 15.6. The summed E-state index contributed by atoms with van der Waals surface area (Å²) in [5.41, 5.74) is 0.840.